The molecule has 1 aromatic heterocycles. The van der Waals surface area contributed by atoms with Crippen LogP contribution in [-0.4, -0.2) is 54.9 Å². The van der Waals surface area contributed by atoms with E-state index in [-0.39, 0.29) is 11.8 Å². The Morgan fingerprint density at radius 2 is 1.67 bits per heavy atom. The van der Waals surface area contributed by atoms with Crippen LogP contribution in [0.5, 0.6) is 5.75 Å². The summed E-state index contributed by atoms with van der Waals surface area (Å²) in [7, 11) is 1.65. The average molecular weight is 370 g/mol. The Bertz CT molecular complexity index is 842. The van der Waals surface area contributed by atoms with Crippen LogP contribution in [0.25, 0.3) is 0 Å². The van der Waals surface area contributed by atoms with Crippen molar-refractivity contribution in [2.45, 2.75) is 27.2 Å². The highest BCUT2D eigenvalue weighted by Gasteiger charge is 2.26. The standard InChI is InChI=1S/C21H26N2O4/c1-14-13-17(15(2)16(3)19(14)26-4)20(24)22-8-6-9-23(11-10-22)21(25)18-7-5-12-27-18/h5,7,12-13H,6,8-11H2,1-4H3. The number of hydrogen-bond donors (Lipinski definition) is 0. The number of amides is 2. The Labute approximate surface area is 159 Å². The van der Waals surface area contributed by atoms with Crippen LogP contribution in [0.3, 0.4) is 0 Å². The highest BCUT2D eigenvalue weighted by Crippen LogP contribution is 2.29. The van der Waals surface area contributed by atoms with Crippen LogP contribution in [-0.2, 0) is 0 Å². The summed E-state index contributed by atoms with van der Waals surface area (Å²) in [6.07, 6.45) is 2.24. The summed E-state index contributed by atoms with van der Waals surface area (Å²) < 4.78 is 10.7. The number of ether oxygens (including phenoxy) is 1. The van der Waals surface area contributed by atoms with Gasteiger partial charge in [0, 0.05) is 31.7 Å². The molecule has 3 rings (SSSR count). The van der Waals surface area contributed by atoms with Crippen molar-refractivity contribution < 1.29 is 18.7 Å². The lowest BCUT2D eigenvalue weighted by Crippen LogP contribution is -2.37. The van der Waals surface area contributed by atoms with Gasteiger partial charge in [-0.25, -0.2) is 0 Å². The lowest BCUT2D eigenvalue weighted by atomic mass is 9.97. The second-order valence-electron chi connectivity index (χ2n) is 6.94. The first-order chi connectivity index (χ1) is 12.9. The minimum absolute atomic E-state index is 0.00801. The van der Waals surface area contributed by atoms with Crippen molar-refractivity contribution in [1.82, 2.24) is 9.80 Å². The van der Waals surface area contributed by atoms with Crippen LogP contribution in [0.15, 0.2) is 28.9 Å². The topological polar surface area (TPSA) is 63.0 Å². The van der Waals surface area contributed by atoms with Gasteiger partial charge in [0.1, 0.15) is 5.75 Å². The maximum absolute atomic E-state index is 13.1. The Balaban J connectivity index is 1.76. The summed E-state index contributed by atoms with van der Waals surface area (Å²) in [5.74, 6) is 1.05. The summed E-state index contributed by atoms with van der Waals surface area (Å²) >= 11 is 0. The molecule has 1 aliphatic heterocycles. The number of furan rings is 1. The van der Waals surface area contributed by atoms with E-state index in [2.05, 4.69) is 0 Å². The summed E-state index contributed by atoms with van der Waals surface area (Å²) in [5.41, 5.74) is 3.59. The second-order valence-corrected chi connectivity index (χ2v) is 6.94. The van der Waals surface area contributed by atoms with Gasteiger partial charge in [-0.05, 0) is 62.1 Å². The molecule has 0 spiro atoms. The Morgan fingerprint density at radius 3 is 2.26 bits per heavy atom. The maximum atomic E-state index is 13.1. The van der Waals surface area contributed by atoms with E-state index in [9.17, 15) is 9.59 Å². The molecule has 0 atom stereocenters. The average Bonchev–Trinajstić information content (AvgIpc) is 3.08. The molecule has 0 saturated carbocycles. The van der Waals surface area contributed by atoms with E-state index in [0.29, 0.717) is 37.5 Å². The van der Waals surface area contributed by atoms with Gasteiger partial charge in [0.05, 0.1) is 13.4 Å². The molecule has 0 N–H and O–H groups in total. The van der Waals surface area contributed by atoms with E-state index in [1.807, 2.05) is 31.7 Å². The van der Waals surface area contributed by atoms with Crippen LogP contribution in [0.1, 0.15) is 44.0 Å². The van der Waals surface area contributed by atoms with Gasteiger partial charge in [0.15, 0.2) is 5.76 Å². The second kappa shape index (κ2) is 7.86. The van der Waals surface area contributed by atoms with Gasteiger partial charge < -0.3 is 19.0 Å². The molecule has 6 heteroatoms. The zero-order valence-electron chi connectivity index (χ0n) is 16.4. The van der Waals surface area contributed by atoms with Crippen molar-refractivity contribution >= 4 is 11.8 Å². The van der Waals surface area contributed by atoms with Crippen molar-refractivity contribution in [3.63, 3.8) is 0 Å². The molecule has 1 aliphatic rings. The number of carbonyl (C=O) groups is 2. The molecule has 0 radical (unpaired) electrons. The fourth-order valence-electron chi connectivity index (χ4n) is 3.64. The SMILES string of the molecule is COc1c(C)cc(C(=O)N2CCCN(C(=O)c3ccco3)CC2)c(C)c1C. The molecule has 27 heavy (non-hydrogen) atoms. The zero-order valence-corrected chi connectivity index (χ0v) is 16.4. The van der Waals surface area contributed by atoms with Gasteiger partial charge in [0.25, 0.3) is 11.8 Å². The van der Waals surface area contributed by atoms with Crippen molar-refractivity contribution in [2.24, 2.45) is 0 Å². The third-order valence-electron chi connectivity index (χ3n) is 5.26. The summed E-state index contributed by atoms with van der Waals surface area (Å²) in [6, 6.07) is 5.28. The fraction of sp³-hybridized carbons (Fsp3) is 0.429. The zero-order chi connectivity index (χ0) is 19.6. The molecule has 0 aliphatic carbocycles. The summed E-state index contributed by atoms with van der Waals surface area (Å²) in [6.45, 7) is 8.13. The van der Waals surface area contributed by atoms with Gasteiger partial charge in [-0.15, -0.1) is 0 Å². The number of aryl methyl sites for hydroxylation is 1. The summed E-state index contributed by atoms with van der Waals surface area (Å²) in [5, 5.41) is 0. The van der Waals surface area contributed by atoms with E-state index in [1.54, 1.807) is 24.1 Å². The van der Waals surface area contributed by atoms with E-state index in [0.717, 1.165) is 28.9 Å². The largest absolute Gasteiger partial charge is 0.496 e. The minimum atomic E-state index is -0.124. The van der Waals surface area contributed by atoms with E-state index in [4.69, 9.17) is 9.15 Å². The number of methoxy groups -OCH3 is 1. The first-order valence-electron chi connectivity index (χ1n) is 9.21. The molecule has 2 heterocycles. The van der Waals surface area contributed by atoms with Crippen molar-refractivity contribution in [2.75, 3.05) is 33.3 Å². The fourth-order valence-corrected chi connectivity index (χ4v) is 3.64. The number of rotatable bonds is 3. The van der Waals surface area contributed by atoms with Crippen molar-refractivity contribution in [3.8, 4) is 5.75 Å². The molecular weight excluding hydrogens is 344 g/mol. The number of nitrogens with zero attached hydrogens (tertiary/aromatic N) is 2. The monoisotopic (exact) mass is 370 g/mol. The van der Waals surface area contributed by atoms with Crippen LogP contribution in [0.2, 0.25) is 0 Å². The Hall–Kier alpha value is -2.76. The predicted molar refractivity (Wildman–Crippen MR) is 102 cm³/mol. The van der Waals surface area contributed by atoms with E-state index in [1.165, 1.54) is 6.26 Å². The van der Waals surface area contributed by atoms with E-state index < -0.39 is 0 Å². The molecule has 2 amide bonds. The molecular formula is C21H26N2O4. The van der Waals surface area contributed by atoms with Gasteiger partial charge in [-0.1, -0.05) is 0 Å². The van der Waals surface area contributed by atoms with Crippen molar-refractivity contribution in [3.05, 3.63) is 52.5 Å². The maximum Gasteiger partial charge on any atom is 0.289 e. The third kappa shape index (κ3) is 3.70. The number of hydrogen-bond acceptors (Lipinski definition) is 4. The number of benzene rings is 1. The minimum Gasteiger partial charge on any atom is -0.496 e. The van der Waals surface area contributed by atoms with Crippen LogP contribution < -0.4 is 4.74 Å². The smallest absolute Gasteiger partial charge is 0.289 e. The quantitative estimate of drug-likeness (QED) is 0.832. The third-order valence-corrected chi connectivity index (χ3v) is 5.26. The molecule has 2 aromatic rings. The molecule has 1 aromatic carbocycles. The Kier molecular flexibility index (Phi) is 5.54. The van der Waals surface area contributed by atoms with Crippen LogP contribution in [0, 0.1) is 20.8 Å². The predicted octanol–water partition coefficient (Wildman–Crippen LogP) is 3.20. The lowest BCUT2D eigenvalue weighted by molar-refractivity contribution is 0.0700. The lowest BCUT2D eigenvalue weighted by Gasteiger charge is -2.23. The molecule has 0 bridgehead atoms. The Morgan fingerprint density at radius 1 is 1.00 bits per heavy atom. The van der Waals surface area contributed by atoms with E-state index >= 15 is 0 Å². The first-order valence-corrected chi connectivity index (χ1v) is 9.21. The molecule has 144 valence electrons. The molecule has 1 saturated heterocycles. The molecule has 0 unspecified atom stereocenters. The van der Waals surface area contributed by atoms with Gasteiger partial charge in [-0.3, -0.25) is 9.59 Å². The highest BCUT2D eigenvalue weighted by molar-refractivity contribution is 5.97. The summed E-state index contributed by atoms with van der Waals surface area (Å²) in [4.78, 5) is 29.2. The first kappa shape index (κ1) is 19.0. The van der Waals surface area contributed by atoms with Gasteiger partial charge in [-0.2, -0.15) is 0 Å². The van der Waals surface area contributed by atoms with Gasteiger partial charge >= 0.3 is 0 Å². The highest BCUT2D eigenvalue weighted by atomic mass is 16.5. The van der Waals surface area contributed by atoms with Crippen molar-refractivity contribution in [1.29, 1.82) is 0 Å². The molecule has 1 fully saturated rings. The van der Waals surface area contributed by atoms with Crippen LogP contribution in [0.4, 0.5) is 0 Å². The normalized spacial score (nSPS) is 14.8. The van der Waals surface area contributed by atoms with Crippen LogP contribution >= 0.6 is 0 Å². The molecule has 6 nitrogen and oxygen atoms in total. The van der Waals surface area contributed by atoms with Gasteiger partial charge in [0.2, 0.25) is 0 Å². The number of carbonyl (C=O) groups excluding carboxylic acids is 2.